The average molecular weight is 250 g/mol. The van der Waals surface area contributed by atoms with E-state index in [1.165, 1.54) is 18.4 Å². The van der Waals surface area contributed by atoms with E-state index in [-0.39, 0.29) is 5.82 Å². The number of rotatable bonds is 3. The number of hydrogen-bond acceptors (Lipinski definition) is 2. The number of benzene rings is 1. The Balaban J connectivity index is 2.11. The van der Waals surface area contributed by atoms with Gasteiger partial charge in [0, 0.05) is 18.6 Å². The van der Waals surface area contributed by atoms with Crippen molar-refractivity contribution in [2.45, 2.75) is 38.8 Å². The number of likely N-dealkylation sites (tertiary alicyclic amines) is 1. The highest BCUT2D eigenvalue weighted by Crippen LogP contribution is 2.30. The Morgan fingerprint density at radius 3 is 2.61 bits per heavy atom. The lowest BCUT2D eigenvalue weighted by Gasteiger charge is -2.41. The van der Waals surface area contributed by atoms with E-state index in [0.29, 0.717) is 18.0 Å². The number of halogens is 1. The van der Waals surface area contributed by atoms with E-state index in [9.17, 15) is 4.39 Å². The van der Waals surface area contributed by atoms with E-state index >= 15 is 0 Å². The van der Waals surface area contributed by atoms with Crippen molar-refractivity contribution in [3.8, 4) is 0 Å². The highest BCUT2D eigenvalue weighted by Gasteiger charge is 2.28. The largest absolute Gasteiger partial charge is 0.330 e. The SMILES string of the molecule is CC1CCC(CN)CN1C(C)c1ccc(F)cc1. The first kappa shape index (κ1) is 13.5. The fourth-order valence-electron chi connectivity index (χ4n) is 2.88. The lowest BCUT2D eigenvalue weighted by molar-refractivity contribution is 0.0812. The minimum atomic E-state index is -0.169. The highest BCUT2D eigenvalue weighted by molar-refractivity contribution is 5.19. The first-order chi connectivity index (χ1) is 8.61. The Morgan fingerprint density at radius 1 is 1.33 bits per heavy atom. The van der Waals surface area contributed by atoms with Gasteiger partial charge in [0.15, 0.2) is 0 Å². The molecule has 0 bridgehead atoms. The summed E-state index contributed by atoms with van der Waals surface area (Å²) in [7, 11) is 0. The second kappa shape index (κ2) is 5.81. The molecule has 2 nitrogen and oxygen atoms in total. The zero-order chi connectivity index (χ0) is 13.1. The third-order valence-electron chi connectivity index (χ3n) is 4.21. The summed E-state index contributed by atoms with van der Waals surface area (Å²) in [6.07, 6.45) is 2.43. The zero-order valence-electron chi connectivity index (χ0n) is 11.3. The molecule has 1 aliphatic heterocycles. The van der Waals surface area contributed by atoms with Crippen LogP contribution < -0.4 is 5.73 Å². The van der Waals surface area contributed by atoms with E-state index in [0.717, 1.165) is 13.1 Å². The molecule has 18 heavy (non-hydrogen) atoms. The van der Waals surface area contributed by atoms with Gasteiger partial charge < -0.3 is 5.73 Å². The van der Waals surface area contributed by atoms with Gasteiger partial charge in [0.1, 0.15) is 5.82 Å². The summed E-state index contributed by atoms with van der Waals surface area (Å²) in [5.74, 6) is 0.432. The fourth-order valence-corrected chi connectivity index (χ4v) is 2.88. The van der Waals surface area contributed by atoms with Gasteiger partial charge in [-0.2, -0.15) is 0 Å². The summed E-state index contributed by atoms with van der Waals surface area (Å²) >= 11 is 0. The Morgan fingerprint density at radius 2 is 2.00 bits per heavy atom. The maximum Gasteiger partial charge on any atom is 0.123 e. The summed E-state index contributed by atoms with van der Waals surface area (Å²) in [4.78, 5) is 2.49. The molecule has 0 aromatic heterocycles. The Labute approximate surface area is 109 Å². The smallest absolute Gasteiger partial charge is 0.123 e. The van der Waals surface area contributed by atoms with Crippen molar-refractivity contribution in [2.24, 2.45) is 11.7 Å². The van der Waals surface area contributed by atoms with E-state index in [1.54, 1.807) is 12.1 Å². The molecule has 1 aromatic rings. The van der Waals surface area contributed by atoms with Crippen molar-refractivity contribution in [3.05, 3.63) is 35.6 Å². The molecule has 100 valence electrons. The molecule has 1 aromatic carbocycles. The Bertz CT molecular complexity index is 377. The minimum absolute atomic E-state index is 0.169. The van der Waals surface area contributed by atoms with E-state index < -0.39 is 0 Å². The van der Waals surface area contributed by atoms with Crippen LogP contribution in [0, 0.1) is 11.7 Å². The molecule has 3 heteroatoms. The standard InChI is InChI=1S/C15H23FN2/c1-11-3-4-13(9-17)10-18(11)12(2)14-5-7-15(16)8-6-14/h5-8,11-13H,3-4,9-10,17H2,1-2H3. The van der Waals surface area contributed by atoms with Crippen LogP contribution >= 0.6 is 0 Å². The quantitative estimate of drug-likeness (QED) is 0.893. The second-order valence-electron chi connectivity index (χ2n) is 5.45. The first-order valence-corrected chi connectivity index (χ1v) is 6.83. The molecular formula is C15H23FN2. The molecule has 2 rings (SSSR count). The predicted molar refractivity (Wildman–Crippen MR) is 72.8 cm³/mol. The summed E-state index contributed by atoms with van der Waals surface area (Å²) < 4.78 is 13.0. The van der Waals surface area contributed by atoms with Crippen LogP contribution in [-0.2, 0) is 0 Å². The van der Waals surface area contributed by atoms with Crippen molar-refractivity contribution in [2.75, 3.05) is 13.1 Å². The molecule has 0 saturated carbocycles. The predicted octanol–water partition coefficient (Wildman–Crippen LogP) is 2.95. The average Bonchev–Trinajstić information content (AvgIpc) is 2.39. The van der Waals surface area contributed by atoms with E-state index in [2.05, 4.69) is 18.7 Å². The van der Waals surface area contributed by atoms with Crippen molar-refractivity contribution >= 4 is 0 Å². The van der Waals surface area contributed by atoms with Gasteiger partial charge in [-0.15, -0.1) is 0 Å². The van der Waals surface area contributed by atoms with Crippen LogP contribution in [0.4, 0.5) is 4.39 Å². The van der Waals surface area contributed by atoms with Crippen LogP contribution in [0.1, 0.15) is 38.3 Å². The van der Waals surface area contributed by atoms with Crippen molar-refractivity contribution in [1.29, 1.82) is 0 Å². The maximum absolute atomic E-state index is 13.0. The van der Waals surface area contributed by atoms with Gasteiger partial charge in [0.25, 0.3) is 0 Å². The van der Waals surface area contributed by atoms with E-state index in [4.69, 9.17) is 5.73 Å². The molecule has 3 unspecified atom stereocenters. The van der Waals surface area contributed by atoms with Gasteiger partial charge in [0.2, 0.25) is 0 Å². The molecular weight excluding hydrogens is 227 g/mol. The molecule has 0 aliphatic carbocycles. The molecule has 1 fully saturated rings. The summed E-state index contributed by atoms with van der Waals surface area (Å²) in [6, 6.07) is 7.77. The van der Waals surface area contributed by atoms with Crippen LogP contribution in [0.2, 0.25) is 0 Å². The third kappa shape index (κ3) is 2.90. The normalized spacial score (nSPS) is 27.1. The van der Waals surface area contributed by atoms with Gasteiger partial charge in [-0.05, 0) is 56.8 Å². The number of nitrogens with two attached hydrogens (primary N) is 1. The fraction of sp³-hybridized carbons (Fsp3) is 0.600. The molecule has 0 amide bonds. The van der Waals surface area contributed by atoms with Gasteiger partial charge in [-0.25, -0.2) is 4.39 Å². The van der Waals surface area contributed by atoms with Crippen molar-refractivity contribution in [1.82, 2.24) is 4.90 Å². The molecule has 1 saturated heterocycles. The minimum Gasteiger partial charge on any atom is -0.330 e. The summed E-state index contributed by atoms with van der Waals surface area (Å²) in [6.45, 7) is 6.28. The highest BCUT2D eigenvalue weighted by atomic mass is 19.1. The number of nitrogens with zero attached hydrogens (tertiary/aromatic N) is 1. The molecule has 3 atom stereocenters. The molecule has 1 aliphatic rings. The van der Waals surface area contributed by atoms with Crippen LogP contribution in [0.25, 0.3) is 0 Å². The number of hydrogen-bond donors (Lipinski definition) is 1. The molecule has 1 heterocycles. The van der Waals surface area contributed by atoms with Crippen LogP contribution in [0.15, 0.2) is 24.3 Å². The third-order valence-corrected chi connectivity index (χ3v) is 4.21. The summed E-state index contributed by atoms with van der Waals surface area (Å²) in [5, 5.41) is 0. The van der Waals surface area contributed by atoms with Crippen LogP contribution in [0.5, 0.6) is 0 Å². The van der Waals surface area contributed by atoms with Gasteiger partial charge >= 0.3 is 0 Å². The van der Waals surface area contributed by atoms with Gasteiger partial charge in [-0.1, -0.05) is 12.1 Å². The molecule has 0 spiro atoms. The molecule has 0 radical (unpaired) electrons. The van der Waals surface area contributed by atoms with Crippen molar-refractivity contribution in [3.63, 3.8) is 0 Å². The second-order valence-corrected chi connectivity index (χ2v) is 5.45. The van der Waals surface area contributed by atoms with Crippen LogP contribution in [0.3, 0.4) is 0 Å². The maximum atomic E-state index is 13.0. The zero-order valence-corrected chi connectivity index (χ0v) is 11.3. The number of piperidine rings is 1. The van der Waals surface area contributed by atoms with Gasteiger partial charge in [0.05, 0.1) is 0 Å². The first-order valence-electron chi connectivity index (χ1n) is 6.83. The van der Waals surface area contributed by atoms with Crippen molar-refractivity contribution < 1.29 is 4.39 Å². The monoisotopic (exact) mass is 250 g/mol. The van der Waals surface area contributed by atoms with Gasteiger partial charge in [-0.3, -0.25) is 4.90 Å². The Kier molecular flexibility index (Phi) is 4.36. The topological polar surface area (TPSA) is 29.3 Å². The lowest BCUT2D eigenvalue weighted by atomic mass is 9.91. The molecule has 2 N–H and O–H groups in total. The van der Waals surface area contributed by atoms with Crippen LogP contribution in [-0.4, -0.2) is 24.0 Å². The Hall–Kier alpha value is -0.930. The summed E-state index contributed by atoms with van der Waals surface area (Å²) in [5.41, 5.74) is 6.97. The van der Waals surface area contributed by atoms with E-state index in [1.807, 2.05) is 12.1 Å². The lowest BCUT2D eigenvalue weighted by Crippen LogP contribution is -2.44.